The average molecular weight is 369 g/mol. The molecular formula is C25H23NO2. The molecule has 3 heteroatoms. The van der Waals surface area contributed by atoms with Crippen LogP contribution in [-0.4, -0.2) is 31.1 Å². The molecule has 1 fully saturated rings. The number of nitrogens with zero attached hydrogens (tertiary/aromatic N) is 1. The van der Waals surface area contributed by atoms with Gasteiger partial charge in [-0.3, -0.25) is 4.90 Å². The fourth-order valence-electron chi connectivity index (χ4n) is 3.70. The summed E-state index contributed by atoms with van der Waals surface area (Å²) in [7, 11) is 1.40. The summed E-state index contributed by atoms with van der Waals surface area (Å²) in [5, 5.41) is 0. The molecule has 0 saturated carbocycles. The Hall–Kier alpha value is -3.17. The first-order valence-electron chi connectivity index (χ1n) is 9.46. The number of ether oxygens (including phenoxy) is 1. The molecule has 3 nitrogen and oxygen atoms in total. The molecule has 1 saturated heterocycles. The van der Waals surface area contributed by atoms with Crippen molar-refractivity contribution in [2.45, 2.75) is 6.04 Å². The van der Waals surface area contributed by atoms with Crippen molar-refractivity contribution in [3.8, 4) is 0 Å². The quantitative estimate of drug-likeness (QED) is 0.595. The molecule has 0 atom stereocenters. The summed E-state index contributed by atoms with van der Waals surface area (Å²) in [6.07, 6.45) is 2.21. The number of hydrogen-bond acceptors (Lipinski definition) is 3. The fraction of sp³-hybridized carbons (Fsp3) is 0.160. The Morgan fingerprint density at radius 2 is 1.39 bits per heavy atom. The first-order valence-corrected chi connectivity index (χ1v) is 9.46. The number of likely N-dealkylation sites (tertiary alicyclic amines) is 1. The number of rotatable bonds is 5. The van der Waals surface area contributed by atoms with Crippen molar-refractivity contribution in [1.29, 1.82) is 0 Å². The average Bonchev–Trinajstić information content (AvgIpc) is 2.73. The molecule has 4 rings (SSSR count). The van der Waals surface area contributed by atoms with Crippen LogP contribution in [0, 0.1) is 0 Å². The lowest BCUT2D eigenvalue weighted by Gasteiger charge is -2.41. The van der Waals surface area contributed by atoms with Crippen molar-refractivity contribution >= 4 is 12.0 Å². The molecule has 0 aromatic heterocycles. The largest absolute Gasteiger partial charge is 0.465 e. The highest BCUT2D eigenvalue weighted by atomic mass is 16.5. The van der Waals surface area contributed by atoms with Gasteiger partial charge in [0.15, 0.2) is 0 Å². The van der Waals surface area contributed by atoms with Gasteiger partial charge in [0.25, 0.3) is 0 Å². The Kier molecular flexibility index (Phi) is 5.36. The molecule has 0 aliphatic carbocycles. The van der Waals surface area contributed by atoms with Gasteiger partial charge in [-0.25, -0.2) is 4.79 Å². The molecular weight excluding hydrogens is 346 g/mol. The van der Waals surface area contributed by atoms with Crippen LogP contribution in [0.4, 0.5) is 0 Å². The predicted molar refractivity (Wildman–Crippen MR) is 112 cm³/mol. The van der Waals surface area contributed by atoms with Crippen LogP contribution >= 0.6 is 0 Å². The predicted octanol–water partition coefficient (Wildman–Crippen LogP) is 4.96. The van der Waals surface area contributed by atoms with Gasteiger partial charge >= 0.3 is 5.97 Å². The summed E-state index contributed by atoms with van der Waals surface area (Å²) in [5.74, 6) is -0.303. The molecule has 0 radical (unpaired) electrons. The third-order valence-corrected chi connectivity index (χ3v) is 5.11. The van der Waals surface area contributed by atoms with Crippen molar-refractivity contribution in [1.82, 2.24) is 4.90 Å². The summed E-state index contributed by atoms with van der Waals surface area (Å²) in [6.45, 7) is 1.88. The Bertz CT molecular complexity index is 915. The van der Waals surface area contributed by atoms with Gasteiger partial charge in [-0.2, -0.15) is 0 Å². The summed E-state index contributed by atoms with van der Waals surface area (Å²) >= 11 is 0. The molecule has 3 aromatic carbocycles. The summed E-state index contributed by atoms with van der Waals surface area (Å²) in [6, 6.07) is 29.1. The van der Waals surface area contributed by atoms with E-state index in [1.807, 2.05) is 24.3 Å². The lowest BCUT2D eigenvalue weighted by molar-refractivity contribution is 0.0600. The summed E-state index contributed by atoms with van der Waals surface area (Å²) < 4.78 is 4.75. The Labute approximate surface area is 165 Å². The normalized spacial score (nSPS) is 13.9. The Balaban J connectivity index is 1.50. The molecule has 0 unspecified atom stereocenters. The maximum absolute atomic E-state index is 11.6. The molecule has 140 valence electrons. The second-order valence-electron chi connectivity index (χ2n) is 7.05. The van der Waals surface area contributed by atoms with E-state index in [0.29, 0.717) is 5.56 Å². The maximum Gasteiger partial charge on any atom is 0.337 e. The summed E-state index contributed by atoms with van der Waals surface area (Å²) in [4.78, 5) is 14.0. The van der Waals surface area contributed by atoms with Gasteiger partial charge in [-0.1, -0.05) is 78.9 Å². The van der Waals surface area contributed by atoms with E-state index in [1.165, 1.54) is 23.8 Å². The number of carbonyl (C=O) groups excluding carboxylic acids is 1. The molecule has 0 amide bonds. The van der Waals surface area contributed by atoms with E-state index < -0.39 is 0 Å². The van der Waals surface area contributed by atoms with Gasteiger partial charge in [0.2, 0.25) is 0 Å². The van der Waals surface area contributed by atoms with Crippen molar-refractivity contribution in [3.63, 3.8) is 0 Å². The SMILES string of the molecule is COC(=O)c1ccc(C=C2CN(C(c3ccccc3)c3ccccc3)C2)cc1. The minimum absolute atomic E-state index is 0.265. The third kappa shape index (κ3) is 3.90. The van der Waals surface area contributed by atoms with Crippen LogP contribution in [0.25, 0.3) is 6.08 Å². The van der Waals surface area contributed by atoms with Gasteiger partial charge in [-0.15, -0.1) is 0 Å². The fourth-order valence-corrected chi connectivity index (χ4v) is 3.70. The zero-order valence-electron chi connectivity index (χ0n) is 15.9. The molecule has 3 aromatic rings. The van der Waals surface area contributed by atoms with Crippen LogP contribution in [0.15, 0.2) is 90.5 Å². The minimum atomic E-state index is -0.303. The molecule has 1 aliphatic heterocycles. The van der Waals surface area contributed by atoms with Gasteiger partial charge in [0, 0.05) is 13.1 Å². The van der Waals surface area contributed by atoms with Crippen molar-refractivity contribution < 1.29 is 9.53 Å². The molecule has 0 N–H and O–H groups in total. The van der Waals surface area contributed by atoms with Gasteiger partial charge in [0.1, 0.15) is 0 Å². The lowest BCUT2D eigenvalue weighted by atomic mass is 9.92. The number of carbonyl (C=O) groups is 1. The standard InChI is InChI=1S/C25H23NO2/c1-28-25(27)23-14-12-19(13-15-23)16-20-17-26(18-20)24(21-8-4-2-5-9-21)22-10-6-3-7-11-22/h2-16,24H,17-18H2,1H3. The van der Waals surface area contributed by atoms with E-state index in [1.54, 1.807) is 0 Å². The van der Waals surface area contributed by atoms with Crippen LogP contribution in [0.3, 0.4) is 0 Å². The van der Waals surface area contributed by atoms with E-state index in [0.717, 1.165) is 18.7 Å². The number of esters is 1. The number of hydrogen-bond donors (Lipinski definition) is 0. The zero-order chi connectivity index (χ0) is 19.3. The van der Waals surface area contributed by atoms with Crippen LogP contribution in [0.1, 0.15) is 33.1 Å². The van der Waals surface area contributed by atoms with Gasteiger partial charge < -0.3 is 4.74 Å². The Morgan fingerprint density at radius 1 is 0.857 bits per heavy atom. The molecule has 0 spiro atoms. The smallest absolute Gasteiger partial charge is 0.337 e. The van der Waals surface area contributed by atoms with Gasteiger partial charge in [0.05, 0.1) is 18.7 Å². The van der Waals surface area contributed by atoms with E-state index in [-0.39, 0.29) is 12.0 Å². The second kappa shape index (κ2) is 8.24. The van der Waals surface area contributed by atoms with E-state index in [4.69, 9.17) is 4.74 Å². The van der Waals surface area contributed by atoms with Crippen LogP contribution < -0.4 is 0 Å². The first kappa shape index (κ1) is 18.2. The topological polar surface area (TPSA) is 29.5 Å². The number of benzene rings is 3. The summed E-state index contributed by atoms with van der Waals surface area (Å²) in [5.41, 5.74) is 5.71. The maximum atomic E-state index is 11.6. The van der Waals surface area contributed by atoms with Gasteiger partial charge in [-0.05, 0) is 34.4 Å². The number of methoxy groups -OCH3 is 1. The third-order valence-electron chi connectivity index (χ3n) is 5.11. The van der Waals surface area contributed by atoms with E-state index >= 15 is 0 Å². The van der Waals surface area contributed by atoms with Crippen molar-refractivity contribution in [3.05, 3.63) is 113 Å². The lowest BCUT2D eigenvalue weighted by Crippen LogP contribution is -2.43. The Morgan fingerprint density at radius 3 is 1.89 bits per heavy atom. The monoisotopic (exact) mass is 369 g/mol. The second-order valence-corrected chi connectivity index (χ2v) is 7.05. The molecule has 0 bridgehead atoms. The molecule has 1 heterocycles. The highest BCUT2D eigenvalue weighted by molar-refractivity contribution is 5.89. The van der Waals surface area contributed by atoms with E-state index in [2.05, 4.69) is 71.6 Å². The van der Waals surface area contributed by atoms with Crippen LogP contribution in [-0.2, 0) is 4.74 Å². The van der Waals surface area contributed by atoms with Crippen LogP contribution in [0.2, 0.25) is 0 Å². The molecule has 28 heavy (non-hydrogen) atoms. The van der Waals surface area contributed by atoms with Crippen LogP contribution in [0.5, 0.6) is 0 Å². The molecule has 1 aliphatic rings. The van der Waals surface area contributed by atoms with Crippen molar-refractivity contribution in [2.75, 3.05) is 20.2 Å². The highest BCUT2D eigenvalue weighted by Crippen LogP contribution is 2.34. The minimum Gasteiger partial charge on any atom is -0.465 e. The highest BCUT2D eigenvalue weighted by Gasteiger charge is 2.29. The van der Waals surface area contributed by atoms with E-state index in [9.17, 15) is 4.79 Å². The first-order chi connectivity index (χ1) is 13.7. The zero-order valence-corrected chi connectivity index (χ0v) is 15.9. The van der Waals surface area contributed by atoms with Crippen molar-refractivity contribution in [2.24, 2.45) is 0 Å².